The van der Waals surface area contributed by atoms with Crippen LogP contribution in [0.5, 0.6) is 0 Å². The molecule has 1 aromatic carbocycles. The van der Waals surface area contributed by atoms with Crippen molar-refractivity contribution in [1.29, 1.82) is 0 Å². The lowest BCUT2D eigenvalue weighted by molar-refractivity contribution is -0.119. The molecule has 1 atom stereocenters. The maximum Gasteiger partial charge on any atom is 0.220 e. The monoisotopic (exact) mass is 285 g/mol. The average Bonchev–Trinajstić information content (AvgIpc) is 2.66. The molecule has 110 valence electrons. The van der Waals surface area contributed by atoms with Crippen LogP contribution >= 0.6 is 0 Å². The molecule has 1 aliphatic heterocycles. The van der Waals surface area contributed by atoms with Crippen LogP contribution in [0.25, 0.3) is 0 Å². The predicted octanol–water partition coefficient (Wildman–Crippen LogP) is 3.34. The third kappa shape index (κ3) is 3.14. The first-order valence-corrected chi connectivity index (χ1v) is 6.76. The van der Waals surface area contributed by atoms with Gasteiger partial charge in [-0.3, -0.25) is 4.79 Å². The lowest BCUT2D eigenvalue weighted by atomic mass is 9.82. The van der Waals surface area contributed by atoms with Crippen LogP contribution in [-0.4, -0.2) is 11.4 Å². The molecule has 1 unspecified atom stereocenters. The molecular formula is C15H18F3NO. The molecule has 0 saturated carbocycles. The van der Waals surface area contributed by atoms with Crippen molar-refractivity contribution in [2.24, 2.45) is 5.92 Å². The molecule has 1 N–H and O–H groups in total. The Kier molecular flexibility index (Phi) is 4.06. The van der Waals surface area contributed by atoms with Gasteiger partial charge in [-0.2, -0.15) is 0 Å². The molecule has 5 heteroatoms. The SMILES string of the molecule is CC(C)CC1(Cc2cc(F)c(F)cc2F)CCC(=O)N1. The molecule has 2 rings (SSSR count). The van der Waals surface area contributed by atoms with E-state index in [9.17, 15) is 18.0 Å². The van der Waals surface area contributed by atoms with Gasteiger partial charge < -0.3 is 5.32 Å². The summed E-state index contributed by atoms with van der Waals surface area (Å²) < 4.78 is 40.0. The van der Waals surface area contributed by atoms with E-state index in [1.807, 2.05) is 13.8 Å². The molecule has 20 heavy (non-hydrogen) atoms. The van der Waals surface area contributed by atoms with Crippen LogP contribution in [0.3, 0.4) is 0 Å². The Morgan fingerprint density at radius 1 is 1.20 bits per heavy atom. The van der Waals surface area contributed by atoms with Crippen molar-refractivity contribution in [3.05, 3.63) is 35.1 Å². The quantitative estimate of drug-likeness (QED) is 0.845. The molecule has 1 amide bonds. The van der Waals surface area contributed by atoms with Gasteiger partial charge in [0.2, 0.25) is 5.91 Å². The van der Waals surface area contributed by atoms with Crippen LogP contribution in [0.4, 0.5) is 13.2 Å². The minimum Gasteiger partial charge on any atom is -0.350 e. The second kappa shape index (κ2) is 5.46. The zero-order valence-corrected chi connectivity index (χ0v) is 11.6. The van der Waals surface area contributed by atoms with E-state index in [0.29, 0.717) is 31.2 Å². The Bertz CT molecular complexity index is 530. The largest absolute Gasteiger partial charge is 0.350 e. The number of benzene rings is 1. The van der Waals surface area contributed by atoms with Gasteiger partial charge >= 0.3 is 0 Å². The number of carbonyl (C=O) groups is 1. The molecule has 0 aromatic heterocycles. The molecular weight excluding hydrogens is 267 g/mol. The van der Waals surface area contributed by atoms with Gasteiger partial charge in [-0.25, -0.2) is 13.2 Å². The van der Waals surface area contributed by atoms with E-state index < -0.39 is 23.0 Å². The number of carbonyl (C=O) groups excluding carboxylic acids is 1. The third-order valence-corrected chi connectivity index (χ3v) is 3.65. The van der Waals surface area contributed by atoms with Crippen molar-refractivity contribution in [3.8, 4) is 0 Å². The number of hydrogen-bond donors (Lipinski definition) is 1. The van der Waals surface area contributed by atoms with E-state index in [0.717, 1.165) is 6.07 Å². The van der Waals surface area contributed by atoms with Gasteiger partial charge in [-0.15, -0.1) is 0 Å². The summed E-state index contributed by atoms with van der Waals surface area (Å²) in [6.45, 7) is 4.02. The number of rotatable bonds is 4. The van der Waals surface area contributed by atoms with Gasteiger partial charge in [0.05, 0.1) is 0 Å². The highest BCUT2D eigenvalue weighted by Crippen LogP contribution is 2.32. The van der Waals surface area contributed by atoms with Crippen LogP contribution in [0.1, 0.15) is 38.7 Å². The summed E-state index contributed by atoms with van der Waals surface area (Å²) in [4.78, 5) is 11.5. The molecule has 1 fully saturated rings. The summed E-state index contributed by atoms with van der Waals surface area (Å²) >= 11 is 0. The van der Waals surface area contributed by atoms with E-state index in [-0.39, 0.29) is 17.9 Å². The first-order valence-electron chi connectivity index (χ1n) is 6.76. The van der Waals surface area contributed by atoms with Crippen molar-refractivity contribution in [3.63, 3.8) is 0 Å². The minimum absolute atomic E-state index is 0.0753. The molecule has 0 bridgehead atoms. The van der Waals surface area contributed by atoms with E-state index in [1.165, 1.54) is 0 Å². The van der Waals surface area contributed by atoms with Crippen LogP contribution in [0.15, 0.2) is 12.1 Å². The highest BCUT2D eigenvalue weighted by Gasteiger charge is 2.38. The van der Waals surface area contributed by atoms with E-state index >= 15 is 0 Å². The number of halogens is 3. The molecule has 2 nitrogen and oxygen atoms in total. The standard InChI is InChI=1S/C15H18F3NO/c1-9(2)7-15(4-3-14(20)19-15)8-10-5-12(17)13(18)6-11(10)16/h5-6,9H,3-4,7-8H2,1-2H3,(H,19,20). The van der Waals surface area contributed by atoms with Crippen LogP contribution < -0.4 is 5.32 Å². The molecule has 1 saturated heterocycles. The molecule has 0 spiro atoms. The van der Waals surface area contributed by atoms with Gasteiger partial charge in [-0.1, -0.05) is 13.8 Å². The second-order valence-electron chi connectivity index (χ2n) is 5.96. The zero-order valence-electron chi connectivity index (χ0n) is 11.6. The molecule has 1 aromatic rings. The highest BCUT2D eigenvalue weighted by molar-refractivity contribution is 5.79. The van der Waals surface area contributed by atoms with Crippen LogP contribution in [0.2, 0.25) is 0 Å². The summed E-state index contributed by atoms with van der Waals surface area (Å²) in [5.74, 6) is -2.80. The fourth-order valence-electron chi connectivity index (χ4n) is 2.98. The molecule has 1 aliphatic rings. The second-order valence-corrected chi connectivity index (χ2v) is 5.96. The Balaban J connectivity index is 2.29. The summed E-state index contributed by atoms with van der Waals surface area (Å²) in [5, 5.41) is 2.89. The van der Waals surface area contributed by atoms with Crippen molar-refractivity contribution in [1.82, 2.24) is 5.32 Å². The van der Waals surface area contributed by atoms with E-state index in [1.54, 1.807) is 0 Å². The lowest BCUT2D eigenvalue weighted by Crippen LogP contribution is -2.44. The van der Waals surface area contributed by atoms with Gasteiger partial charge in [0, 0.05) is 18.0 Å². The minimum atomic E-state index is -1.19. The Labute approximate surface area is 116 Å². The summed E-state index contributed by atoms with van der Waals surface area (Å²) in [6, 6.07) is 1.45. The Hall–Kier alpha value is -1.52. The average molecular weight is 285 g/mol. The van der Waals surface area contributed by atoms with Gasteiger partial charge in [0.15, 0.2) is 11.6 Å². The summed E-state index contributed by atoms with van der Waals surface area (Å²) in [7, 11) is 0. The van der Waals surface area contributed by atoms with Crippen molar-refractivity contribution >= 4 is 5.91 Å². The maximum atomic E-state index is 13.8. The van der Waals surface area contributed by atoms with Gasteiger partial charge in [0.25, 0.3) is 0 Å². The third-order valence-electron chi connectivity index (χ3n) is 3.65. The predicted molar refractivity (Wildman–Crippen MR) is 69.6 cm³/mol. The zero-order chi connectivity index (χ0) is 14.9. The molecule has 0 radical (unpaired) electrons. The van der Waals surface area contributed by atoms with Crippen LogP contribution in [0, 0.1) is 23.4 Å². The lowest BCUT2D eigenvalue weighted by Gasteiger charge is -2.31. The topological polar surface area (TPSA) is 29.1 Å². The number of amides is 1. The number of nitrogens with one attached hydrogen (secondary N) is 1. The van der Waals surface area contributed by atoms with E-state index in [2.05, 4.69) is 5.32 Å². The first kappa shape index (κ1) is 14.9. The molecule has 1 heterocycles. The number of hydrogen-bond acceptors (Lipinski definition) is 1. The smallest absolute Gasteiger partial charge is 0.220 e. The van der Waals surface area contributed by atoms with Crippen molar-refractivity contribution in [2.45, 2.75) is 45.1 Å². The Morgan fingerprint density at radius 3 is 2.40 bits per heavy atom. The highest BCUT2D eigenvalue weighted by atomic mass is 19.2. The fourth-order valence-corrected chi connectivity index (χ4v) is 2.98. The van der Waals surface area contributed by atoms with E-state index in [4.69, 9.17) is 0 Å². The fraction of sp³-hybridized carbons (Fsp3) is 0.533. The van der Waals surface area contributed by atoms with Crippen molar-refractivity contribution < 1.29 is 18.0 Å². The molecule has 0 aliphatic carbocycles. The maximum absolute atomic E-state index is 13.8. The summed E-state index contributed by atoms with van der Waals surface area (Å²) in [6.07, 6.45) is 1.83. The first-order chi connectivity index (χ1) is 9.31. The summed E-state index contributed by atoms with van der Waals surface area (Å²) in [5.41, 5.74) is -0.456. The van der Waals surface area contributed by atoms with Crippen LogP contribution in [-0.2, 0) is 11.2 Å². The Morgan fingerprint density at radius 2 is 1.85 bits per heavy atom. The van der Waals surface area contributed by atoms with Gasteiger partial charge in [-0.05, 0) is 36.8 Å². The van der Waals surface area contributed by atoms with Gasteiger partial charge in [0.1, 0.15) is 5.82 Å². The normalized spacial score (nSPS) is 22.4. The van der Waals surface area contributed by atoms with Crippen molar-refractivity contribution in [2.75, 3.05) is 0 Å².